The van der Waals surface area contributed by atoms with Crippen LogP contribution in [0.15, 0.2) is 176 Å². The monoisotopic (exact) mass is 647 g/mol. The SMILES string of the molecule is c1ccc2c3cc(-n4c5ccccc5c5cc(-c6ccc7c(c6)c6ccccc6n7-c6ccccc6)ccc54)ccc3n(-c3ccccc3)c2c#1. The third-order valence-electron chi connectivity index (χ3n) is 10.5. The van der Waals surface area contributed by atoms with E-state index in [9.17, 15) is 0 Å². The van der Waals surface area contributed by atoms with Crippen LogP contribution in [0, 0.1) is 12.1 Å². The Kier molecular flexibility index (Phi) is 5.87. The lowest BCUT2D eigenvalue weighted by atomic mass is 10.0. The predicted molar refractivity (Wildman–Crippen MR) is 213 cm³/mol. The number of hydrogen-bond acceptors (Lipinski definition) is 0. The van der Waals surface area contributed by atoms with Gasteiger partial charge in [-0.1, -0.05) is 91.0 Å². The smallest absolute Gasteiger partial charge is 0.105 e. The number of para-hydroxylation sites is 4. The summed E-state index contributed by atoms with van der Waals surface area (Å²) in [5.41, 5.74) is 12.8. The van der Waals surface area contributed by atoms with Gasteiger partial charge < -0.3 is 13.7 Å². The fourth-order valence-electron chi connectivity index (χ4n) is 8.25. The first-order valence-corrected chi connectivity index (χ1v) is 17.4. The molecule has 3 heterocycles. The fourth-order valence-corrected chi connectivity index (χ4v) is 8.25. The zero-order valence-electron chi connectivity index (χ0n) is 27.6. The van der Waals surface area contributed by atoms with Crippen molar-refractivity contribution < 1.29 is 0 Å². The second-order valence-electron chi connectivity index (χ2n) is 13.2. The summed E-state index contributed by atoms with van der Waals surface area (Å²) < 4.78 is 7.07. The zero-order valence-corrected chi connectivity index (χ0v) is 27.6. The van der Waals surface area contributed by atoms with Crippen molar-refractivity contribution in [3.05, 3.63) is 188 Å². The van der Waals surface area contributed by atoms with Crippen molar-refractivity contribution in [1.29, 1.82) is 0 Å². The van der Waals surface area contributed by atoms with E-state index in [0.29, 0.717) is 0 Å². The van der Waals surface area contributed by atoms with Crippen molar-refractivity contribution in [1.82, 2.24) is 13.7 Å². The molecule has 0 aliphatic rings. The first-order chi connectivity index (χ1) is 25.3. The largest absolute Gasteiger partial charge is 0.309 e. The molecule has 8 aromatic carbocycles. The first kappa shape index (κ1) is 27.9. The van der Waals surface area contributed by atoms with Crippen LogP contribution in [-0.2, 0) is 0 Å². The molecule has 0 bridgehead atoms. The highest BCUT2D eigenvalue weighted by molar-refractivity contribution is 6.14. The van der Waals surface area contributed by atoms with Crippen LogP contribution in [0.3, 0.4) is 0 Å². The molecule has 51 heavy (non-hydrogen) atoms. The molecular weight excluding hydrogens is 619 g/mol. The quantitative estimate of drug-likeness (QED) is 0.181. The summed E-state index contributed by atoms with van der Waals surface area (Å²) in [6, 6.07) is 70.1. The minimum Gasteiger partial charge on any atom is -0.309 e. The van der Waals surface area contributed by atoms with Crippen molar-refractivity contribution in [2.75, 3.05) is 0 Å². The van der Waals surface area contributed by atoms with Gasteiger partial charge in [0.05, 0.1) is 27.6 Å². The summed E-state index contributed by atoms with van der Waals surface area (Å²) in [7, 11) is 0. The Balaban J connectivity index is 1.10. The van der Waals surface area contributed by atoms with Gasteiger partial charge in [-0.2, -0.15) is 0 Å². The van der Waals surface area contributed by atoms with Gasteiger partial charge in [0.15, 0.2) is 0 Å². The molecule has 0 saturated carbocycles. The maximum Gasteiger partial charge on any atom is 0.105 e. The lowest BCUT2D eigenvalue weighted by Crippen LogP contribution is -1.95. The molecule has 11 aromatic rings. The molecule has 3 heteroatoms. The normalized spacial score (nSPS) is 11.8. The molecule has 3 nitrogen and oxygen atoms in total. The van der Waals surface area contributed by atoms with Gasteiger partial charge in [-0.15, -0.1) is 0 Å². The van der Waals surface area contributed by atoms with Gasteiger partial charge >= 0.3 is 0 Å². The molecule has 0 spiro atoms. The zero-order chi connectivity index (χ0) is 33.5. The van der Waals surface area contributed by atoms with Crippen molar-refractivity contribution in [3.63, 3.8) is 0 Å². The number of hydrogen-bond donors (Lipinski definition) is 0. The maximum atomic E-state index is 3.40. The van der Waals surface area contributed by atoms with Gasteiger partial charge in [-0.3, -0.25) is 0 Å². The van der Waals surface area contributed by atoms with Crippen LogP contribution in [-0.4, -0.2) is 13.7 Å². The fraction of sp³-hybridized carbons (Fsp3) is 0. The Labute approximate surface area is 294 Å². The summed E-state index contributed by atoms with van der Waals surface area (Å²) in [6.07, 6.45) is 0. The molecule has 0 aliphatic heterocycles. The van der Waals surface area contributed by atoms with Crippen LogP contribution < -0.4 is 0 Å². The minimum atomic E-state index is 1.03. The first-order valence-electron chi connectivity index (χ1n) is 17.4. The number of benzene rings is 7. The van der Waals surface area contributed by atoms with Crippen molar-refractivity contribution >= 4 is 65.4 Å². The third kappa shape index (κ3) is 4.08. The number of aromatic nitrogens is 3. The van der Waals surface area contributed by atoms with Crippen molar-refractivity contribution in [2.45, 2.75) is 0 Å². The second-order valence-corrected chi connectivity index (χ2v) is 13.2. The van der Waals surface area contributed by atoms with Crippen LogP contribution in [0.1, 0.15) is 0 Å². The second kappa shape index (κ2) is 10.7. The summed E-state index contributed by atoms with van der Waals surface area (Å²) in [6.45, 7) is 0. The van der Waals surface area contributed by atoms with Crippen LogP contribution in [0.2, 0.25) is 0 Å². The van der Waals surface area contributed by atoms with Crippen LogP contribution in [0.5, 0.6) is 0 Å². The number of nitrogens with zero attached hydrogens (tertiary/aromatic N) is 3. The summed E-state index contributed by atoms with van der Waals surface area (Å²) >= 11 is 0. The third-order valence-corrected chi connectivity index (χ3v) is 10.5. The van der Waals surface area contributed by atoms with E-state index >= 15 is 0 Å². The van der Waals surface area contributed by atoms with Crippen molar-refractivity contribution in [2.24, 2.45) is 0 Å². The Morgan fingerprint density at radius 2 is 0.784 bits per heavy atom. The van der Waals surface area contributed by atoms with Crippen molar-refractivity contribution in [3.8, 4) is 28.2 Å². The average molecular weight is 648 g/mol. The minimum absolute atomic E-state index is 1.03. The molecule has 0 atom stereocenters. The molecule has 236 valence electrons. The molecule has 0 radical (unpaired) electrons. The van der Waals surface area contributed by atoms with Crippen LogP contribution in [0.4, 0.5) is 0 Å². The molecule has 3 aromatic heterocycles. The predicted octanol–water partition coefficient (Wildman–Crippen LogP) is 12.2. The Hall–Kier alpha value is -7.02. The lowest BCUT2D eigenvalue weighted by Gasteiger charge is -2.10. The number of fused-ring (bicyclic) bond motifs is 9. The standard InChI is InChI=1S/C48H29N3/c1-3-13-34(14-4-1)49-43-20-10-7-17-37(43)40-29-32(23-26-46(40)49)33-24-27-47-41(30-33)38-18-8-12-22-45(38)51(47)36-25-28-48-42(31-36)39-19-9-11-21-44(39)50(48)35-15-5-2-6-16-35/h1-10,12-20,22-31H. The van der Waals surface area contributed by atoms with E-state index in [4.69, 9.17) is 0 Å². The maximum absolute atomic E-state index is 3.40. The van der Waals surface area contributed by atoms with Crippen LogP contribution in [0.25, 0.3) is 93.6 Å². The van der Waals surface area contributed by atoms with Gasteiger partial charge in [-0.05, 0) is 108 Å². The summed E-state index contributed by atoms with van der Waals surface area (Å²) in [4.78, 5) is 0. The highest BCUT2D eigenvalue weighted by Crippen LogP contribution is 2.39. The van der Waals surface area contributed by atoms with Gasteiger partial charge in [-0.25, -0.2) is 0 Å². The molecule has 0 unspecified atom stereocenters. The molecule has 0 fully saturated rings. The molecule has 0 saturated heterocycles. The number of rotatable bonds is 4. The Bertz CT molecular complexity index is 3120. The highest BCUT2D eigenvalue weighted by atomic mass is 15.0. The topological polar surface area (TPSA) is 14.8 Å². The van der Waals surface area contributed by atoms with E-state index in [2.05, 4.69) is 196 Å². The lowest BCUT2D eigenvalue weighted by molar-refractivity contribution is 1.17. The van der Waals surface area contributed by atoms with E-state index < -0.39 is 0 Å². The van der Waals surface area contributed by atoms with E-state index in [1.807, 2.05) is 6.07 Å². The Morgan fingerprint density at radius 1 is 0.314 bits per heavy atom. The highest BCUT2D eigenvalue weighted by Gasteiger charge is 2.18. The van der Waals surface area contributed by atoms with Crippen LogP contribution >= 0.6 is 0 Å². The van der Waals surface area contributed by atoms with Gasteiger partial charge in [0.25, 0.3) is 0 Å². The molecule has 0 aliphatic carbocycles. The summed E-state index contributed by atoms with van der Waals surface area (Å²) in [5.74, 6) is 0. The van der Waals surface area contributed by atoms with E-state index in [1.54, 1.807) is 0 Å². The molecule has 11 rings (SSSR count). The molecule has 0 amide bonds. The summed E-state index contributed by atoms with van der Waals surface area (Å²) in [5, 5.41) is 7.36. The van der Waals surface area contributed by atoms with Gasteiger partial charge in [0.2, 0.25) is 0 Å². The van der Waals surface area contributed by atoms with E-state index in [1.165, 1.54) is 71.2 Å². The van der Waals surface area contributed by atoms with E-state index in [-0.39, 0.29) is 0 Å². The Morgan fingerprint density at radius 3 is 1.41 bits per heavy atom. The average Bonchev–Trinajstić information content (AvgIpc) is 3.83. The molecule has 0 N–H and O–H groups in total. The van der Waals surface area contributed by atoms with Gasteiger partial charge in [0.1, 0.15) is 5.52 Å². The van der Waals surface area contributed by atoms with E-state index in [0.717, 1.165) is 22.4 Å². The molecular formula is C48H29N3. The van der Waals surface area contributed by atoms with Gasteiger partial charge in [0, 0.05) is 49.4 Å².